The molecule has 1 N–H and O–H groups in total. The van der Waals surface area contributed by atoms with E-state index in [1.807, 2.05) is 0 Å². The van der Waals surface area contributed by atoms with Crippen LogP contribution in [0.25, 0.3) is 0 Å². The van der Waals surface area contributed by atoms with E-state index in [1.165, 1.54) is 32.2 Å². The molecule has 2 bridgehead atoms. The van der Waals surface area contributed by atoms with Crippen LogP contribution in [0, 0.1) is 5.92 Å². The molecule has 6 heteroatoms. The summed E-state index contributed by atoms with van der Waals surface area (Å²) in [7, 11) is 1.57. The summed E-state index contributed by atoms with van der Waals surface area (Å²) >= 11 is 0. The number of benzene rings is 1. The van der Waals surface area contributed by atoms with E-state index in [9.17, 15) is 4.79 Å². The van der Waals surface area contributed by atoms with Crippen LogP contribution in [0.5, 0.6) is 17.4 Å². The lowest BCUT2D eigenvalue weighted by Gasteiger charge is -2.26. The lowest BCUT2D eigenvalue weighted by molar-refractivity contribution is 0.0929. The zero-order valence-electron chi connectivity index (χ0n) is 14.9. The third-order valence-electron chi connectivity index (χ3n) is 5.26. The van der Waals surface area contributed by atoms with Crippen molar-refractivity contribution in [1.29, 1.82) is 0 Å². The molecule has 3 saturated heterocycles. The van der Waals surface area contributed by atoms with E-state index in [2.05, 4.69) is 10.2 Å². The molecule has 1 unspecified atom stereocenters. The number of amides is 1. The largest absolute Gasteiger partial charge is 0.493 e. The molecule has 6 nitrogen and oxygen atoms in total. The molecular formula is C20H24N2O4. The first-order valence-electron chi connectivity index (χ1n) is 9.13. The number of furan rings is 1. The summed E-state index contributed by atoms with van der Waals surface area (Å²) in [5, 5.41) is 3.20. The highest BCUT2D eigenvalue weighted by Gasteiger charge is 2.29. The predicted octanol–water partition coefficient (Wildman–Crippen LogP) is 3.29. The van der Waals surface area contributed by atoms with Gasteiger partial charge in [-0.25, -0.2) is 0 Å². The number of carbonyl (C=O) groups excluding carboxylic acids is 1. The molecule has 4 heterocycles. The van der Waals surface area contributed by atoms with E-state index in [0.29, 0.717) is 23.0 Å². The average Bonchev–Trinajstić information content (AvgIpc) is 2.92. The second-order valence-corrected chi connectivity index (χ2v) is 7.08. The van der Waals surface area contributed by atoms with E-state index in [0.717, 1.165) is 18.9 Å². The van der Waals surface area contributed by atoms with Crippen LogP contribution >= 0.6 is 0 Å². The SMILES string of the molecule is COc1coc(Oc2ccc(C(=O)NC3CC4CCN(CC4)C3)cc2)c1. The maximum atomic E-state index is 12.6. The van der Waals surface area contributed by atoms with Crippen molar-refractivity contribution in [2.45, 2.75) is 25.3 Å². The molecule has 26 heavy (non-hydrogen) atoms. The number of methoxy groups -OCH3 is 1. The Labute approximate surface area is 153 Å². The van der Waals surface area contributed by atoms with E-state index in [1.54, 1.807) is 37.4 Å². The fourth-order valence-corrected chi connectivity index (χ4v) is 3.82. The topological polar surface area (TPSA) is 63.9 Å². The summed E-state index contributed by atoms with van der Waals surface area (Å²) in [5.41, 5.74) is 0.640. The zero-order chi connectivity index (χ0) is 17.9. The Morgan fingerprint density at radius 2 is 1.96 bits per heavy atom. The molecule has 0 aliphatic carbocycles. The van der Waals surface area contributed by atoms with Crippen LogP contribution < -0.4 is 14.8 Å². The van der Waals surface area contributed by atoms with Crippen molar-refractivity contribution in [3.63, 3.8) is 0 Å². The van der Waals surface area contributed by atoms with Crippen LogP contribution in [0.4, 0.5) is 0 Å². The molecule has 3 fully saturated rings. The third-order valence-corrected chi connectivity index (χ3v) is 5.26. The zero-order valence-corrected chi connectivity index (χ0v) is 14.9. The van der Waals surface area contributed by atoms with Crippen LogP contribution in [0.3, 0.4) is 0 Å². The van der Waals surface area contributed by atoms with Crippen molar-refractivity contribution < 1.29 is 18.7 Å². The number of ether oxygens (including phenoxy) is 2. The molecule has 1 amide bonds. The molecule has 0 radical (unpaired) electrons. The molecule has 3 aliphatic rings. The van der Waals surface area contributed by atoms with Gasteiger partial charge in [0, 0.05) is 18.2 Å². The number of nitrogens with one attached hydrogen (secondary N) is 1. The highest BCUT2D eigenvalue weighted by atomic mass is 16.6. The van der Waals surface area contributed by atoms with Gasteiger partial charge >= 0.3 is 0 Å². The first-order chi connectivity index (χ1) is 12.7. The number of fused-ring (bicyclic) bond motifs is 4. The first-order valence-corrected chi connectivity index (χ1v) is 9.13. The predicted molar refractivity (Wildman–Crippen MR) is 96.8 cm³/mol. The van der Waals surface area contributed by atoms with Crippen LogP contribution in [0.1, 0.15) is 29.6 Å². The van der Waals surface area contributed by atoms with Gasteiger partial charge in [0.1, 0.15) is 12.0 Å². The summed E-state index contributed by atoms with van der Waals surface area (Å²) in [6, 6.07) is 8.99. The van der Waals surface area contributed by atoms with Crippen molar-refractivity contribution in [2.75, 3.05) is 26.7 Å². The van der Waals surface area contributed by atoms with E-state index in [4.69, 9.17) is 13.9 Å². The second-order valence-electron chi connectivity index (χ2n) is 7.08. The normalized spacial score (nSPS) is 24.7. The van der Waals surface area contributed by atoms with Gasteiger partial charge in [-0.3, -0.25) is 4.79 Å². The van der Waals surface area contributed by atoms with Crippen molar-refractivity contribution in [3.05, 3.63) is 42.2 Å². The molecular weight excluding hydrogens is 332 g/mol. The van der Waals surface area contributed by atoms with Crippen molar-refractivity contribution in [3.8, 4) is 17.4 Å². The molecule has 1 atom stereocenters. The fraction of sp³-hybridized carbons (Fsp3) is 0.450. The minimum absolute atomic E-state index is 0.0243. The standard InChI is InChI=1S/C20H24N2O4/c1-24-18-11-19(25-13-18)26-17-4-2-15(3-5-17)20(23)21-16-10-14-6-8-22(12-16)9-7-14/h2-5,11,13-14,16H,6-10,12H2,1H3,(H,21,23). The van der Waals surface area contributed by atoms with Crippen molar-refractivity contribution in [2.24, 2.45) is 5.92 Å². The molecule has 0 spiro atoms. The van der Waals surface area contributed by atoms with Gasteiger partial charge in [0.2, 0.25) is 0 Å². The number of piperidine rings is 1. The van der Waals surface area contributed by atoms with E-state index < -0.39 is 0 Å². The number of hydrogen-bond donors (Lipinski definition) is 1. The monoisotopic (exact) mass is 356 g/mol. The Morgan fingerprint density at radius 1 is 1.19 bits per heavy atom. The Morgan fingerprint density at radius 3 is 2.65 bits per heavy atom. The molecule has 0 saturated carbocycles. The van der Waals surface area contributed by atoms with Crippen molar-refractivity contribution in [1.82, 2.24) is 10.2 Å². The number of carbonyl (C=O) groups is 1. The van der Waals surface area contributed by atoms with Gasteiger partial charge in [-0.1, -0.05) is 0 Å². The van der Waals surface area contributed by atoms with Gasteiger partial charge in [-0.2, -0.15) is 0 Å². The number of hydrogen-bond acceptors (Lipinski definition) is 5. The maximum Gasteiger partial charge on any atom is 0.293 e. The molecule has 5 rings (SSSR count). The van der Waals surface area contributed by atoms with Crippen LogP contribution in [0.15, 0.2) is 41.0 Å². The molecule has 1 aromatic heterocycles. The summed E-state index contributed by atoms with van der Waals surface area (Å²) < 4.78 is 15.9. The van der Waals surface area contributed by atoms with Crippen LogP contribution in [0.2, 0.25) is 0 Å². The quantitative estimate of drug-likeness (QED) is 0.891. The minimum Gasteiger partial charge on any atom is -0.493 e. The van der Waals surface area contributed by atoms with E-state index >= 15 is 0 Å². The number of rotatable bonds is 5. The van der Waals surface area contributed by atoms with Gasteiger partial charge in [0.15, 0.2) is 5.75 Å². The Hall–Kier alpha value is -2.47. The second kappa shape index (κ2) is 7.41. The fourth-order valence-electron chi connectivity index (χ4n) is 3.82. The Balaban J connectivity index is 1.36. The van der Waals surface area contributed by atoms with Crippen molar-refractivity contribution >= 4 is 5.91 Å². The van der Waals surface area contributed by atoms with Gasteiger partial charge < -0.3 is 24.1 Å². The summed E-state index contributed by atoms with van der Waals surface area (Å²) in [6.45, 7) is 3.30. The molecule has 2 aromatic rings. The summed E-state index contributed by atoms with van der Waals surface area (Å²) in [6.07, 6.45) is 5.09. The lowest BCUT2D eigenvalue weighted by atomic mass is 9.94. The summed E-state index contributed by atoms with van der Waals surface area (Å²) in [4.78, 5) is 15.0. The highest BCUT2D eigenvalue weighted by Crippen LogP contribution is 2.28. The Kier molecular flexibility index (Phi) is 4.84. The first kappa shape index (κ1) is 17.0. The maximum absolute atomic E-state index is 12.6. The van der Waals surface area contributed by atoms with Crippen LogP contribution in [-0.2, 0) is 0 Å². The van der Waals surface area contributed by atoms with Gasteiger partial charge in [0.05, 0.1) is 13.2 Å². The van der Waals surface area contributed by atoms with Gasteiger partial charge in [-0.05, 0) is 62.5 Å². The van der Waals surface area contributed by atoms with E-state index in [-0.39, 0.29) is 11.9 Å². The van der Waals surface area contributed by atoms with Gasteiger partial charge in [0.25, 0.3) is 11.9 Å². The highest BCUT2D eigenvalue weighted by molar-refractivity contribution is 5.94. The third kappa shape index (κ3) is 3.85. The lowest BCUT2D eigenvalue weighted by Crippen LogP contribution is -2.41. The Bertz CT molecular complexity index is 733. The van der Waals surface area contributed by atoms with Gasteiger partial charge in [-0.15, -0.1) is 0 Å². The number of nitrogens with zero attached hydrogens (tertiary/aromatic N) is 1. The smallest absolute Gasteiger partial charge is 0.293 e. The molecule has 3 aliphatic heterocycles. The van der Waals surface area contributed by atoms with Crippen LogP contribution in [-0.4, -0.2) is 43.6 Å². The molecule has 138 valence electrons. The summed E-state index contributed by atoms with van der Waals surface area (Å²) in [5.74, 6) is 2.28. The molecule has 1 aromatic carbocycles. The minimum atomic E-state index is -0.0243. The average molecular weight is 356 g/mol.